The van der Waals surface area contributed by atoms with Gasteiger partial charge in [0.1, 0.15) is 0 Å². The van der Waals surface area contributed by atoms with Gasteiger partial charge in [0.05, 0.1) is 14.2 Å². The molecule has 0 bridgehead atoms. The van der Waals surface area contributed by atoms with Crippen LogP contribution in [0.15, 0.2) is 18.2 Å². The van der Waals surface area contributed by atoms with Crippen LogP contribution in [0.5, 0.6) is 11.5 Å². The van der Waals surface area contributed by atoms with Gasteiger partial charge in [0.15, 0.2) is 11.5 Å². The highest BCUT2D eigenvalue weighted by Crippen LogP contribution is 2.29. The molecule has 0 saturated carbocycles. The predicted molar refractivity (Wildman–Crippen MR) is 122 cm³/mol. The zero-order chi connectivity index (χ0) is 22.9. The summed E-state index contributed by atoms with van der Waals surface area (Å²) in [6, 6.07) is 5.71. The first-order valence-electron chi connectivity index (χ1n) is 11.4. The maximum atomic E-state index is 12.5. The van der Waals surface area contributed by atoms with E-state index in [1.807, 2.05) is 4.90 Å². The molecule has 2 aliphatic rings. The Kier molecular flexibility index (Phi) is 8.99. The third-order valence-electron chi connectivity index (χ3n) is 6.27. The van der Waals surface area contributed by atoms with Crippen molar-refractivity contribution >= 4 is 17.6 Å². The van der Waals surface area contributed by atoms with Gasteiger partial charge in [0.2, 0.25) is 5.91 Å². The molecule has 178 valence electrons. The Bertz CT molecular complexity index is 769. The van der Waals surface area contributed by atoms with Crippen LogP contribution in [-0.4, -0.2) is 87.4 Å². The highest BCUT2D eigenvalue weighted by atomic mass is 16.5. The Morgan fingerprint density at radius 1 is 1.12 bits per heavy atom. The number of carbonyl (C=O) groups excluding carboxylic acids is 2. The molecule has 1 atom stereocenters. The van der Waals surface area contributed by atoms with Gasteiger partial charge in [0, 0.05) is 70.2 Å². The monoisotopic (exact) mass is 448 g/mol. The molecule has 32 heavy (non-hydrogen) atoms. The van der Waals surface area contributed by atoms with Crippen molar-refractivity contribution in [1.29, 1.82) is 0 Å². The second-order valence-corrected chi connectivity index (χ2v) is 8.29. The minimum atomic E-state index is -0.266. The fraction of sp³-hybridized carbons (Fsp3) is 0.652. The minimum absolute atomic E-state index is 0.133. The number of ether oxygens (including phenoxy) is 3. The molecule has 9 heteroatoms. The second kappa shape index (κ2) is 11.9. The minimum Gasteiger partial charge on any atom is -0.493 e. The Hall–Kier alpha value is -2.52. The van der Waals surface area contributed by atoms with Crippen LogP contribution < -0.4 is 20.1 Å². The molecule has 0 aromatic heterocycles. The fourth-order valence-electron chi connectivity index (χ4n) is 4.58. The number of piperidine rings is 1. The number of hydrogen-bond acceptors (Lipinski definition) is 6. The molecule has 2 N–H and O–H groups in total. The predicted octanol–water partition coefficient (Wildman–Crippen LogP) is 2.32. The number of rotatable bonds is 8. The standard InChI is InChI=1S/C23H36N4O5/c1-17(28)26-11-4-5-20(16-26)27(19-8-13-32-14-9-19)12-10-24-23(29)25-18-6-7-21(30-2)22(15-18)31-3/h6-7,15,19-20H,4-5,8-14,16H2,1-3H3,(H2,24,25,29). The van der Waals surface area contributed by atoms with E-state index in [2.05, 4.69) is 15.5 Å². The summed E-state index contributed by atoms with van der Waals surface area (Å²) in [7, 11) is 3.13. The lowest BCUT2D eigenvalue weighted by Crippen LogP contribution is -2.55. The topological polar surface area (TPSA) is 92.4 Å². The number of carbonyl (C=O) groups is 2. The highest BCUT2D eigenvalue weighted by Gasteiger charge is 2.31. The second-order valence-electron chi connectivity index (χ2n) is 8.29. The van der Waals surface area contributed by atoms with Crippen molar-refractivity contribution in [3.05, 3.63) is 18.2 Å². The van der Waals surface area contributed by atoms with Crippen LogP contribution in [0.2, 0.25) is 0 Å². The van der Waals surface area contributed by atoms with E-state index in [1.165, 1.54) is 0 Å². The van der Waals surface area contributed by atoms with E-state index >= 15 is 0 Å². The molecule has 2 aliphatic heterocycles. The number of urea groups is 1. The Morgan fingerprint density at radius 2 is 1.88 bits per heavy atom. The van der Waals surface area contributed by atoms with Gasteiger partial charge >= 0.3 is 6.03 Å². The number of nitrogens with zero attached hydrogens (tertiary/aromatic N) is 2. The van der Waals surface area contributed by atoms with Crippen molar-refractivity contribution in [3.8, 4) is 11.5 Å². The summed E-state index contributed by atoms with van der Waals surface area (Å²) in [4.78, 5) is 28.8. The van der Waals surface area contributed by atoms with Gasteiger partial charge in [-0.1, -0.05) is 0 Å². The van der Waals surface area contributed by atoms with Crippen molar-refractivity contribution in [1.82, 2.24) is 15.1 Å². The molecular weight excluding hydrogens is 412 g/mol. The summed E-state index contributed by atoms with van der Waals surface area (Å²) < 4.78 is 16.1. The lowest BCUT2D eigenvalue weighted by Gasteiger charge is -2.44. The van der Waals surface area contributed by atoms with Crippen molar-refractivity contribution in [2.75, 3.05) is 58.9 Å². The van der Waals surface area contributed by atoms with Crippen LogP contribution in [0.1, 0.15) is 32.6 Å². The molecule has 1 unspecified atom stereocenters. The number of amides is 3. The molecule has 0 radical (unpaired) electrons. The SMILES string of the molecule is COc1ccc(NC(=O)NCCN(C2CCOCC2)C2CCCN(C(C)=O)C2)cc1OC. The van der Waals surface area contributed by atoms with E-state index in [9.17, 15) is 9.59 Å². The molecule has 2 saturated heterocycles. The molecule has 9 nitrogen and oxygen atoms in total. The summed E-state index contributed by atoms with van der Waals surface area (Å²) in [5.74, 6) is 1.30. The van der Waals surface area contributed by atoms with E-state index in [0.29, 0.717) is 35.8 Å². The van der Waals surface area contributed by atoms with Gasteiger partial charge < -0.3 is 29.7 Å². The summed E-state index contributed by atoms with van der Waals surface area (Å²) >= 11 is 0. The van der Waals surface area contributed by atoms with Crippen LogP contribution in [0.25, 0.3) is 0 Å². The number of likely N-dealkylation sites (tertiary alicyclic amines) is 1. The van der Waals surface area contributed by atoms with Gasteiger partial charge in [-0.2, -0.15) is 0 Å². The summed E-state index contributed by atoms with van der Waals surface area (Å²) in [5, 5.41) is 5.81. The van der Waals surface area contributed by atoms with Crippen LogP contribution >= 0.6 is 0 Å². The van der Waals surface area contributed by atoms with Crippen molar-refractivity contribution in [3.63, 3.8) is 0 Å². The number of benzene rings is 1. The molecular formula is C23H36N4O5. The molecule has 0 aliphatic carbocycles. The number of anilines is 1. The van der Waals surface area contributed by atoms with Crippen LogP contribution in [-0.2, 0) is 9.53 Å². The lowest BCUT2D eigenvalue weighted by atomic mass is 9.98. The molecule has 2 fully saturated rings. The van der Waals surface area contributed by atoms with Crippen LogP contribution in [0.3, 0.4) is 0 Å². The van der Waals surface area contributed by atoms with Gasteiger partial charge in [-0.15, -0.1) is 0 Å². The highest BCUT2D eigenvalue weighted by molar-refractivity contribution is 5.89. The van der Waals surface area contributed by atoms with Crippen LogP contribution in [0.4, 0.5) is 10.5 Å². The molecule has 0 spiro atoms. The number of hydrogen-bond donors (Lipinski definition) is 2. The normalized spacial score (nSPS) is 19.5. The molecule has 1 aromatic rings. The zero-order valence-corrected chi connectivity index (χ0v) is 19.4. The summed E-state index contributed by atoms with van der Waals surface area (Å²) in [5.41, 5.74) is 0.630. The number of nitrogens with one attached hydrogen (secondary N) is 2. The smallest absolute Gasteiger partial charge is 0.319 e. The fourth-order valence-corrected chi connectivity index (χ4v) is 4.58. The quantitative estimate of drug-likeness (QED) is 0.634. The van der Waals surface area contributed by atoms with E-state index in [-0.39, 0.29) is 11.9 Å². The van der Waals surface area contributed by atoms with Gasteiger partial charge in [0.25, 0.3) is 0 Å². The van der Waals surface area contributed by atoms with Crippen molar-refractivity contribution < 1.29 is 23.8 Å². The van der Waals surface area contributed by atoms with E-state index in [1.54, 1.807) is 39.3 Å². The Morgan fingerprint density at radius 3 is 2.56 bits per heavy atom. The maximum Gasteiger partial charge on any atom is 0.319 e. The molecule has 3 amide bonds. The largest absolute Gasteiger partial charge is 0.493 e. The molecule has 3 rings (SSSR count). The van der Waals surface area contributed by atoms with Crippen LogP contribution in [0, 0.1) is 0 Å². The average molecular weight is 449 g/mol. The first-order chi connectivity index (χ1) is 15.5. The molecule has 2 heterocycles. The zero-order valence-electron chi connectivity index (χ0n) is 19.4. The Balaban J connectivity index is 1.56. The number of methoxy groups -OCH3 is 2. The van der Waals surface area contributed by atoms with Crippen molar-refractivity contribution in [2.24, 2.45) is 0 Å². The van der Waals surface area contributed by atoms with Gasteiger partial charge in [-0.25, -0.2) is 4.79 Å². The third kappa shape index (κ3) is 6.49. The molecule has 1 aromatic carbocycles. The summed E-state index contributed by atoms with van der Waals surface area (Å²) in [6.45, 7) is 6.01. The van der Waals surface area contributed by atoms with Gasteiger partial charge in [-0.05, 0) is 37.8 Å². The third-order valence-corrected chi connectivity index (χ3v) is 6.27. The average Bonchev–Trinajstić information content (AvgIpc) is 2.82. The first kappa shape index (κ1) is 24.1. The van der Waals surface area contributed by atoms with E-state index < -0.39 is 0 Å². The maximum absolute atomic E-state index is 12.5. The Labute approximate surface area is 190 Å². The summed E-state index contributed by atoms with van der Waals surface area (Å²) in [6.07, 6.45) is 4.04. The lowest BCUT2D eigenvalue weighted by molar-refractivity contribution is -0.131. The van der Waals surface area contributed by atoms with Gasteiger partial charge in [-0.3, -0.25) is 9.69 Å². The van der Waals surface area contributed by atoms with Crippen molar-refractivity contribution in [2.45, 2.75) is 44.7 Å². The first-order valence-corrected chi connectivity index (χ1v) is 11.4. The van der Waals surface area contributed by atoms with E-state index in [4.69, 9.17) is 14.2 Å². The van der Waals surface area contributed by atoms with E-state index in [0.717, 1.165) is 58.5 Å².